The largest absolute Gasteiger partial charge is 0.453 e. The van der Waals surface area contributed by atoms with Crippen molar-refractivity contribution in [1.29, 1.82) is 5.26 Å². The molecule has 0 aliphatic rings. The summed E-state index contributed by atoms with van der Waals surface area (Å²) in [6.07, 6.45) is 1.44. The van der Waals surface area contributed by atoms with Crippen molar-refractivity contribution in [2.75, 3.05) is 6.61 Å². The van der Waals surface area contributed by atoms with Crippen molar-refractivity contribution in [3.63, 3.8) is 0 Å². The van der Waals surface area contributed by atoms with Gasteiger partial charge >= 0.3 is 5.97 Å². The lowest BCUT2D eigenvalue weighted by Gasteiger charge is -2.04. The number of nitrogens with zero attached hydrogens (tertiary/aromatic N) is 1. The highest BCUT2D eigenvalue weighted by Crippen LogP contribution is 2.12. The van der Waals surface area contributed by atoms with Crippen LogP contribution in [0.25, 0.3) is 6.08 Å². The Hall–Kier alpha value is -2.71. The van der Waals surface area contributed by atoms with Crippen LogP contribution in [0, 0.1) is 18.3 Å². The molecule has 0 aliphatic heterocycles. The van der Waals surface area contributed by atoms with Crippen LogP contribution in [0.4, 0.5) is 0 Å². The van der Waals surface area contributed by atoms with Crippen LogP contribution in [-0.4, -0.2) is 18.4 Å². The minimum absolute atomic E-state index is 0.151. The molecule has 0 bridgehead atoms. The number of carbonyl (C=O) groups excluding carboxylic acids is 2. The Morgan fingerprint density at radius 2 is 1.75 bits per heavy atom. The Labute approximate surface area is 148 Å². The van der Waals surface area contributed by atoms with E-state index >= 15 is 0 Å². The molecule has 2 aromatic rings. The second-order valence-electron chi connectivity index (χ2n) is 5.09. The number of rotatable bonds is 5. The van der Waals surface area contributed by atoms with E-state index in [1.807, 2.05) is 19.1 Å². The summed E-state index contributed by atoms with van der Waals surface area (Å²) in [6, 6.07) is 15.9. The summed E-state index contributed by atoms with van der Waals surface area (Å²) in [5.41, 5.74) is 2.08. The Morgan fingerprint density at radius 3 is 2.33 bits per heavy atom. The zero-order chi connectivity index (χ0) is 17.5. The van der Waals surface area contributed by atoms with E-state index in [9.17, 15) is 9.59 Å². The van der Waals surface area contributed by atoms with Crippen LogP contribution in [0.3, 0.4) is 0 Å². The summed E-state index contributed by atoms with van der Waals surface area (Å²) >= 11 is 3.28. The summed E-state index contributed by atoms with van der Waals surface area (Å²) in [5, 5.41) is 9.12. The first kappa shape index (κ1) is 17.6. The molecule has 5 heteroatoms. The summed E-state index contributed by atoms with van der Waals surface area (Å²) in [4.78, 5) is 23.9. The topological polar surface area (TPSA) is 67.2 Å². The number of ketones is 1. The van der Waals surface area contributed by atoms with E-state index in [0.29, 0.717) is 11.1 Å². The summed E-state index contributed by atoms with van der Waals surface area (Å²) in [6.45, 7) is 1.54. The van der Waals surface area contributed by atoms with Crippen molar-refractivity contribution in [2.45, 2.75) is 6.92 Å². The van der Waals surface area contributed by atoms with Gasteiger partial charge in [0.05, 0.1) is 0 Å². The second-order valence-corrected chi connectivity index (χ2v) is 6.00. The van der Waals surface area contributed by atoms with E-state index in [1.54, 1.807) is 42.5 Å². The molecule has 0 saturated carbocycles. The van der Waals surface area contributed by atoms with Crippen molar-refractivity contribution in [2.24, 2.45) is 0 Å². The SMILES string of the molecule is Cc1ccc(/C=C(\C#N)C(=O)OCC(=O)c2ccc(Br)cc2)cc1. The molecule has 4 nitrogen and oxygen atoms in total. The number of carbonyl (C=O) groups is 2. The summed E-state index contributed by atoms with van der Waals surface area (Å²) < 4.78 is 5.80. The van der Waals surface area contributed by atoms with Crippen LogP contribution in [0.1, 0.15) is 21.5 Å². The maximum absolute atomic E-state index is 12.0. The molecule has 0 radical (unpaired) electrons. The molecule has 0 saturated heterocycles. The number of hydrogen-bond donors (Lipinski definition) is 0. The molecule has 0 aromatic heterocycles. The number of halogens is 1. The standard InChI is InChI=1S/C19H14BrNO3/c1-13-2-4-14(5-3-13)10-16(11-21)19(23)24-12-18(22)15-6-8-17(20)9-7-15/h2-10H,12H2,1H3/b16-10+. The van der Waals surface area contributed by atoms with Gasteiger partial charge in [-0.3, -0.25) is 4.79 Å². The molecule has 0 fully saturated rings. The minimum atomic E-state index is -0.816. The van der Waals surface area contributed by atoms with Gasteiger partial charge in [0.15, 0.2) is 12.4 Å². The average molecular weight is 384 g/mol. The Kier molecular flexibility index (Phi) is 6.05. The monoisotopic (exact) mass is 383 g/mol. The third-order valence-corrected chi connectivity index (χ3v) is 3.76. The van der Waals surface area contributed by atoms with Gasteiger partial charge in [-0.1, -0.05) is 57.9 Å². The minimum Gasteiger partial charge on any atom is -0.453 e. The normalized spacial score (nSPS) is 10.8. The number of Topliss-reactive ketones (excluding diaryl/α,β-unsaturated/α-hetero) is 1. The molecule has 2 rings (SSSR count). The van der Waals surface area contributed by atoms with Gasteiger partial charge in [0, 0.05) is 10.0 Å². The molecular weight excluding hydrogens is 370 g/mol. The van der Waals surface area contributed by atoms with E-state index in [0.717, 1.165) is 10.0 Å². The van der Waals surface area contributed by atoms with Gasteiger partial charge in [-0.05, 0) is 30.7 Å². The molecule has 120 valence electrons. The Bertz CT molecular complexity index is 815. The third kappa shape index (κ3) is 4.90. The average Bonchev–Trinajstić information content (AvgIpc) is 2.59. The van der Waals surface area contributed by atoms with Crippen molar-refractivity contribution in [3.8, 4) is 6.07 Å². The van der Waals surface area contributed by atoms with Gasteiger partial charge in [0.2, 0.25) is 0 Å². The number of ether oxygens (including phenoxy) is 1. The molecule has 0 aliphatic carbocycles. The fourth-order valence-electron chi connectivity index (χ4n) is 1.89. The van der Waals surface area contributed by atoms with E-state index in [1.165, 1.54) is 6.08 Å². The molecule has 24 heavy (non-hydrogen) atoms. The van der Waals surface area contributed by atoms with Gasteiger partial charge in [0.25, 0.3) is 0 Å². The molecule has 0 unspecified atom stereocenters. The fourth-order valence-corrected chi connectivity index (χ4v) is 2.16. The van der Waals surface area contributed by atoms with Gasteiger partial charge in [-0.25, -0.2) is 4.79 Å². The zero-order valence-corrected chi connectivity index (χ0v) is 14.5. The lowest BCUT2D eigenvalue weighted by atomic mass is 10.1. The van der Waals surface area contributed by atoms with Crippen LogP contribution < -0.4 is 0 Å². The maximum atomic E-state index is 12.0. The quantitative estimate of drug-likeness (QED) is 0.337. The summed E-state index contributed by atoms with van der Waals surface area (Å²) in [7, 11) is 0. The lowest BCUT2D eigenvalue weighted by Crippen LogP contribution is -2.15. The predicted octanol–water partition coefficient (Wildman–Crippen LogP) is 4.09. The van der Waals surface area contributed by atoms with Gasteiger partial charge in [-0.2, -0.15) is 5.26 Å². The third-order valence-electron chi connectivity index (χ3n) is 3.23. The number of esters is 1. The smallest absolute Gasteiger partial charge is 0.349 e. The van der Waals surface area contributed by atoms with Crippen LogP contribution >= 0.6 is 15.9 Å². The van der Waals surface area contributed by atoms with Gasteiger partial charge in [-0.15, -0.1) is 0 Å². The molecule has 2 aromatic carbocycles. The highest BCUT2D eigenvalue weighted by atomic mass is 79.9. The Balaban J connectivity index is 2.02. The number of aryl methyl sites for hydroxylation is 1. The molecular formula is C19H14BrNO3. The molecule has 0 N–H and O–H groups in total. The summed E-state index contributed by atoms with van der Waals surface area (Å²) in [5.74, 6) is -1.15. The second kappa shape index (κ2) is 8.23. The Morgan fingerprint density at radius 1 is 1.12 bits per heavy atom. The van der Waals surface area contributed by atoms with Gasteiger partial charge in [0.1, 0.15) is 11.6 Å². The first-order valence-corrected chi connectivity index (χ1v) is 7.93. The van der Waals surface area contributed by atoms with E-state index < -0.39 is 12.6 Å². The number of nitriles is 1. The van der Waals surface area contributed by atoms with Crippen molar-refractivity contribution in [3.05, 3.63) is 75.3 Å². The highest BCUT2D eigenvalue weighted by Gasteiger charge is 2.14. The number of benzene rings is 2. The molecule has 0 atom stereocenters. The van der Waals surface area contributed by atoms with E-state index in [-0.39, 0.29) is 11.4 Å². The zero-order valence-electron chi connectivity index (χ0n) is 13.0. The molecule has 0 heterocycles. The van der Waals surface area contributed by atoms with Crippen molar-refractivity contribution >= 4 is 33.8 Å². The maximum Gasteiger partial charge on any atom is 0.349 e. The van der Waals surface area contributed by atoms with Crippen LogP contribution in [-0.2, 0) is 9.53 Å². The molecule has 0 spiro atoms. The van der Waals surface area contributed by atoms with E-state index in [2.05, 4.69) is 15.9 Å². The van der Waals surface area contributed by atoms with Gasteiger partial charge < -0.3 is 4.74 Å². The van der Waals surface area contributed by atoms with Crippen molar-refractivity contribution in [1.82, 2.24) is 0 Å². The van der Waals surface area contributed by atoms with Crippen molar-refractivity contribution < 1.29 is 14.3 Å². The number of hydrogen-bond acceptors (Lipinski definition) is 4. The van der Waals surface area contributed by atoms with Crippen LogP contribution in [0.2, 0.25) is 0 Å². The fraction of sp³-hybridized carbons (Fsp3) is 0.105. The van der Waals surface area contributed by atoms with Crippen LogP contribution in [0.5, 0.6) is 0 Å². The predicted molar refractivity (Wildman–Crippen MR) is 94.2 cm³/mol. The van der Waals surface area contributed by atoms with E-state index in [4.69, 9.17) is 10.00 Å². The molecule has 0 amide bonds. The highest BCUT2D eigenvalue weighted by molar-refractivity contribution is 9.10. The lowest BCUT2D eigenvalue weighted by molar-refractivity contribution is -0.137. The van der Waals surface area contributed by atoms with Crippen LogP contribution in [0.15, 0.2) is 58.6 Å². The first-order chi connectivity index (χ1) is 11.5. The first-order valence-electron chi connectivity index (χ1n) is 7.14.